The van der Waals surface area contributed by atoms with Gasteiger partial charge in [0.2, 0.25) is 0 Å². The normalized spacial score (nSPS) is 13.5. The van der Waals surface area contributed by atoms with E-state index in [0.717, 1.165) is 34.6 Å². The molecule has 0 aromatic heterocycles. The van der Waals surface area contributed by atoms with Crippen molar-refractivity contribution in [3.05, 3.63) is 57.5 Å². The van der Waals surface area contributed by atoms with Crippen LogP contribution in [0.5, 0.6) is 5.75 Å². The monoisotopic (exact) mass is 474 g/mol. The van der Waals surface area contributed by atoms with Crippen molar-refractivity contribution in [3.63, 3.8) is 0 Å². The summed E-state index contributed by atoms with van der Waals surface area (Å²) in [6.45, 7) is 2.58. The number of hydrogen-bond donors (Lipinski definition) is 0. The van der Waals surface area contributed by atoms with Gasteiger partial charge in [0, 0.05) is 8.95 Å². The zero-order chi connectivity index (χ0) is 17.4. The first-order chi connectivity index (χ1) is 11.5. The summed E-state index contributed by atoms with van der Waals surface area (Å²) in [6, 6.07) is 14.5. The predicted octanol–water partition coefficient (Wildman–Crippen LogP) is 6.71. The Balaban J connectivity index is 2.15. The van der Waals surface area contributed by atoms with Crippen LogP contribution in [0.2, 0.25) is 0 Å². The molecule has 2 aromatic carbocycles. The van der Waals surface area contributed by atoms with Crippen LogP contribution in [-0.4, -0.2) is 6.61 Å². The molecule has 0 saturated heterocycles. The van der Waals surface area contributed by atoms with Crippen LogP contribution in [0.15, 0.2) is 57.5 Å². The van der Waals surface area contributed by atoms with Crippen LogP contribution in [0.25, 0.3) is 0 Å². The summed E-state index contributed by atoms with van der Waals surface area (Å²) in [5.74, 6) is 0.526. The average Bonchev–Trinajstić information content (AvgIpc) is 2.57. The van der Waals surface area contributed by atoms with E-state index in [4.69, 9.17) is 9.05 Å². The molecule has 0 amide bonds. The van der Waals surface area contributed by atoms with Gasteiger partial charge in [-0.15, -0.1) is 0 Å². The molecule has 6 heteroatoms. The second kappa shape index (κ2) is 9.76. The highest BCUT2D eigenvalue weighted by Crippen LogP contribution is 2.47. The number of unbranched alkanes of at least 4 members (excludes halogenated alkanes) is 3. The van der Waals surface area contributed by atoms with Crippen LogP contribution in [0.4, 0.5) is 0 Å². The van der Waals surface area contributed by atoms with Crippen molar-refractivity contribution >= 4 is 44.8 Å². The van der Waals surface area contributed by atoms with E-state index in [0.29, 0.717) is 17.7 Å². The van der Waals surface area contributed by atoms with Gasteiger partial charge in [-0.05, 0) is 55.0 Å². The van der Waals surface area contributed by atoms with Crippen molar-refractivity contribution in [1.82, 2.24) is 0 Å². The van der Waals surface area contributed by atoms with E-state index >= 15 is 0 Å². The molecule has 1 unspecified atom stereocenters. The van der Waals surface area contributed by atoms with E-state index in [1.54, 1.807) is 24.3 Å². The van der Waals surface area contributed by atoms with Gasteiger partial charge in [-0.3, -0.25) is 4.52 Å². The predicted molar refractivity (Wildman–Crippen MR) is 106 cm³/mol. The molecule has 0 fully saturated rings. The highest BCUT2D eigenvalue weighted by molar-refractivity contribution is 9.10. The largest absolute Gasteiger partial charge is 0.421 e. The van der Waals surface area contributed by atoms with Crippen molar-refractivity contribution in [3.8, 4) is 5.75 Å². The number of hydrogen-bond acceptors (Lipinski definition) is 3. The molecular formula is C18H21Br2O3P. The van der Waals surface area contributed by atoms with E-state index in [1.165, 1.54) is 0 Å². The molecule has 0 aliphatic rings. The topological polar surface area (TPSA) is 35.5 Å². The van der Waals surface area contributed by atoms with E-state index in [1.807, 2.05) is 24.3 Å². The fourth-order valence-electron chi connectivity index (χ4n) is 2.13. The van der Waals surface area contributed by atoms with Gasteiger partial charge >= 0.3 is 7.60 Å². The third-order valence-corrected chi connectivity index (χ3v) is 6.40. The fraction of sp³-hybridized carbons (Fsp3) is 0.333. The van der Waals surface area contributed by atoms with Crippen LogP contribution in [-0.2, 0) is 9.09 Å². The molecular weight excluding hydrogens is 455 g/mol. The van der Waals surface area contributed by atoms with Crippen molar-refractivity contribution in [1.29, 1.82) is 0 Å². The Morgan fingerprint density at radius 1 is 0.875 bits per heavy atom. The van der Waals surface area contributed by atoms with E-state index in [-0.39, 0.29) is 0 Å². The maximum atomic E-state index is 13.3. The van der Waals surface area contributed by atoms with Gasteiger partial charge < -0.3 is 4.52 Å². The first kappa shape index (κ1) is 19.7. The Bertz CT molecular complexity index is 672. The Morgan fingerprint density at radius 2 is 1.46 bits per heavy atom. The summed E-state index contributed by atoms with van der Waals surface area (Å²) in [4.78, 5) is 0. The number of benzene rings is 2. The molecule has 0 saturated carbocycles. The molecule has 0 spiro atoms. The maximum absolute atomic E-state index is 13.3. The minimum atomic E-state index is -3.41. The minimum absolute atomic E-state index is 0.421. The summed E-state index contributed by atoms with van der Waals surface area (Å²) in [5.41, 5.74) is 0. The standard InChI is InChI=1S/C18H21Br2O3P/c1-2-3-4-5-14-22-24(21,18-12-8-16(20)9-13-18)23-17-10-6-15(19)7-11-17/h6-13H,2-5,14H2,1H3. The maximum Gasteiger partial charge on any atom is 0.410 e. The number of halogens is 2. The lowest BCUT2D eigenvalue weighted by molar-refractivity contribution is 0.266. The lowest BCUT2D eigenvalue weighted by Crippen LogP contribution is -2.13. The summed E-state index contributed by atoms with van der Waals surface area (Å²) < 4.78 is 26.7. The quantitative estimate of drug-likeness (QED) is 0.298. The Labute approximate surface area is 160 Å². The minimum Gasteiger partial charge on any atom is -0.421 e. The van der Waals surface area contributed by atoms with E-state index < -0.39 is 7.60 Å². The molecule has 2 aromatic rings. The summed E-state index contributed by atoms with van der Waals surface area (Å²) >= 11 is 6.77. The number of rotatable bonds is 9. The third-order valence-electron chi connectivity index (χ3n) is 3.44. The third kappa shape index (κ3) is 6.03. The van der Waals surface area contributed by atoms with Gasteiger partial charge in [-0.25, -0.2) is 4.57 Å². The lowest BCUT2D eigenvalue weighted by Gasteiger charge is -2.20. The van der Waals surface area contributed by atoms with Crippen LogP contribution >= 0.6 is 39.5 Å². The molecule has 2 rings (SSSR count). The highest BCUT2D eigenvalue weighted by atomic mass is 79.9. The first-order valence-electron chi connectivity index (χ1n) is 7.99. The molecule has 0 aliphatic carbocycles. The van der Waals surface area contributed by atoms with Gasteiger partial charge in [-0.2, -0.15) is 0 Å². The molecule has 0 radical (unpaired) electrons. The SMILES string of the molecule is CCCCCCOP(=O)(Oc1ccc(Br)cc1)c1ccc(Br)cc1. The zero-order valence-corrected chi connectivity index (χ0v) is 17.6. The summed E-state index contributed by atoms with van der Waals surface area (Å²) in [6.07, 6.45) is 4.24. The zero-order valence-electron chi connectivity index (χ0n) is 13.6. The fourth-order valence-corrected chi connectivity index (χ4v) is 4.24. The molecule has 0 heterocycles. The van der Waals surface area contributed by atoms with Gasteiger partial charge in [-0.1, -0.05) is 58.0 Å². The highest BCUT2D eigenvalue weighted by Gasteiger charge is 2.29. The average molecular weight is 476 g/mol. The molecule has 0 aliphatic heterocycles. The molecule has 0 N–H and O–H groups in total. The van der Waals surface area contributed by atoms with Crippen molar-refractivity contribution in [2.45, 2.75) is 32.6 Å². The second-order valence-corrected chi connectivity index (χ2v) is 9.20. The lowest BCUT2D eigenvalue weighted by atomic mass is 10.2. The summed E-state index contributed by atoms with van der Waals surface area (Å²) in [7, 11) is -3.41. The molecule has 0 bridgehead atoms. The van der Waals surface area contributed by atoms with E-state index in [2.05, 4.69) is 38.8 Å². The molecule has 1 atom stereocenters. The first-order valence-corrected chi connectivity index (χ1v) is 11.1. The molecule has 24 heavy (non-hydrogen) atoms. The van der Waals surface area contributed by atoms with Crippen molar-refractivity contribution < 1.29 is 13.6 Å². The van der Waals surface area contributed by atoms with Gasteiger partial charge in [0.15, 0.2) is 0 Å². The van der Waals surface area contributed by atoms with Gasteiger partial charge in [0.1, 0.15) is 5.75 Å². The molecule has 3 nitrogen and oxygen atoms in total. The van der Waals surface area contributed by atoms with E-state index in [9.17, 15) is 4.57 Å². The van der Waals surface area contributed by atoms with Crippen LogP contribution in [0.3, 0.4) is 0 Å². The summed E-state index contributed by atoms with van der Waals surface area (Å²) in [5, 5.41) is 0.559. The van der Waals surface area contributed by atoms with Gasteiger partial charge in [0.05, 0.1) is 11.9 Å². The van der Waals surface area contributed by atoms with Gasteiger partial charge in [0.25, 0.3) is 0 Å². The molecule has 130 valence electrons. The smallest absolute Gasteiger partial charge is 0.410 e. The Morgan fingerprint density at radius 3 is 2.04 bits per heavy atom. The van der Waals surface area contributed by atoms with Crippen LogP contribution in [0.1, 0.15) is 32.6 Å². The van der Waals surface area contributed by atoms with Crippen LogP contribution in [0, 0.1) is 0 Å². The second-order valence-electron chi connectivity index (χ2n) is 5.41. The van der Waals surface area contributed by atoms with Crippen molar-refractivity contribution in [2.24, 2.45) is 0 Å². The Kier molecular flexibility index (Phi) is 8.02. The Hall–Kier alpha value is -0.610. The van der Waals surface area contributed by atoms with Crippen LogP contribution < -0.4 is 9.83 Å². The van der Waals surface area contributed by atoms with Crippen molar-refractivity contribution in [2.75, 3.05) is 6.61 Å².